The number of piperidine rings is 1. The molecular formula is C20H25NO2S. The first-order valence-corrected chi connectivity index (χ1v) is 10.4. The molecule has 128 valence electrons. The highest BCUT2D eigenvalue weighted by molar-refractivity contribution is 7.90. The number of nitrogens with zero attached hydrogens (tertiary/aromatic N) is 1. The molecule has 1 aliphatic heterocycles. The Balaban J connectivity index is 1.70. The van der Waals surface area contributed by atoms with Gasteiger partial charge in [-0.25, -0.2) is 8.42 Å². The highest BCUT2D eigenvalue weighted by Crippen LogP contribution is 2.34. The van der Waals surface area contributed by atoms with Gasteiger partial charge >= 0.3 is 0 Å². The van der Waals surface area contributed by atoms with Gasteiger partial charge in [0.1, 0.15) is 0 Å². The zero-order valence-electron chi connectivity index (χ0n) is 14.4. The van der Waals surface area contributed by atoms with Gasteiger partial charge in [0, 0.05) is 19.3 Å². The van der Waals surface area contributed by atoms with Crippen molar-refractivity contribution < 1.29 is 8.42 Å². The Morgan fingerprint density at radius 2 is 1.83 bits per heavy atom. The highest BCUT2D eigenvalue weighted by Gasteiger charge is 2.27. The van der Waals surface area contributed by atoms with Gasteiger partial charge in [-0.3, -0.25) is 4.90 Å². The SMILES string of the molecule is C[C@@H]1CN(Cc2ccccc2)CC[C@@H]1c1cccc(S(C)(=O)=O)c1. The van der Waals surface area contributed by atoms with Crippen molar-refractivity contribution in [2.45, 2.75) is 30.7 Å². The van der Waals surface area contributed by atoms with Gasteiger partial charge in [0.05, 0.1) is 4.90 Å². The third-order valence-corrected chi connectivity index (χ3v) is 6.06. The summed E-state index contributed by atoms with van der Waals surface area (Å²) in [5.41, 5.74) is 2.51. The fourth-order valence-corrected chi connectivity index (χ4v) is 4.36. The van der Waals surface area contributed by atoms with Crippen LogP contribution in [0.25, 0.3) is 0 Å². The molecule has 0 radical (unpaired) electrons. The Morgan fingerprint density at radius 1 is 1.08 bits per heavy atom. The molecule has 3 rings (SSSR count). The molecule has 0 spiro atoms. The number of likely N-dealkylation sites (tertiary alicyclic amines) is 1. The van der Waals surface area contributed by atoms with Crippen molar-refractivity contribution in [3.8, 4) is 0 Å². The van der Waals surface area contributed by atoms with Gasteiger partial charge in [0.2, 0.25) is 0 Å². The summed E-state index contributed by atoms with van der Waals surface area (Å²) in [6, 6.07) is 18.1. The standard InChI is InChI=1S/C20H25NO2S/c1-16-14-21(15-17-7-4-3-5-8-17)12-11-20(16)18-9-6-10-19(13-18)24(2,22)23/h3-10,13,16,20H,11-12,14-15H2,1-2H3/t16-,20+/m1/s1. The predicted molar refractivity (Wildman–Crippen MR) is 97.8 cm³/mol. The Bertz CT molecular complexity index is 786. The van der Waals surface area contributed by atoms with Gasteiger partial charge in [0.15, 0.2) is 9.84 Å². The smallest absolute Gasteiger partial charge is 0.175 e. The number of benzene rings is 2. The van der Waals surface area contributed by atoms with Crippen LogP contribution < -0.4 is 0 Å². The first kappa shape index (κ1) is 17.2. The number of hydrogen-bond donors (Lipinski definition) is 0. The lowest BCUT2D eigenvalue weighted by Gasteiger charge is -2.37. The van der Waals surface area contributed by atoms with Crippen LogP contribution in [0.3, 0.4) is 0 Å². The van der Waals surface area contributed by atoms with Crippen molar-refractivity contribution in [3.05, 3.63) is 65.7 Å². The van der Waals surface area contributed by atoms with E-state index in [1.165, 1.54) is 11.8 Å². The first-order valence-electron chi connectivity index (χ1n) is 8.50. The van der Waals surface area contributed by atoms with Crippen LogP contribution in [0.2, 0.25) is 0 Å². The maximum Gasteiger partial charge on any atom is 0.175 e. The van der Waals surface area contributed by atoms with E-state index in [4.69, 9.17) is 0 Å². The summed E-state index contributed by atoms with van der Waals surface area (Å²) in [5.74, 6) is 0.941. The fraction of sp³-hybridized carbons (Fsp3) is 0.400. The average Bonchev–Trinajstić information content (AvgIpc) is 2.55. The minimum atomic E-state index is -3.14. The lowest BCUT2D eigenvalue weighted by Crippen LogP contribution is -2.37. The molecule has 0 bridgehead atoms. The number of rotatable bonds is 4. The molecular weight excluding hydrogens is 318 g/mol. The number of hydrogen-bond acceptors (Lipinski definition) is 3. The zero-order chi connectivity index (χ0) is 17.2. The van der Waals surface area contributed by atoms with E-state index in [-0.39, 0.29) is 0 Å². The molecule has 2 atom stereocenters. The van der Waals surface area contributed by atoms with Crippen LogP contribution in [0.15, 0.2) is 59.5 Å². The third-order valence-electron chi connectivity index (χ3n) is 4.95. The van der Waals surface area contributed by atoms with E-state index >= 15 is 0 Å². The van der Waals surface area contributed by atoms with Gasteiger partial charge in [-0.1, -0.05) is 49.4 Å². The first-order chi connectivity index (χ1) is 11.4. The highest BCUT2D eigenvalue weighted by atomic mass is 32.2. The normalized spacial score (nSPS) is 22.4. The van der Waals surface area contributed by atoms with Crippen LogP contribution >= 0.6 is 0 Å². The zero-order valence-corrected chi connectivity index (χ0v) is 15.2. The molecule has 0 saturated carbocycles. The molecule has 0 unspecified atom stereocenters. The summed E-state index contributed by atoms with van der Waals surface area (Å²) < 4.78 is 23.6. The van der Waals surface area contributed by atoms with Gasteiger partial charge in [0.25, 0.3) is 0 Å². The van der Waals surface area contributed by atoms with Crippen LogP contribution in [0.5, 0.6) is 0 Å². The molecule has 1 saturated heterocycles. The average molecular weight is 343 g/mol. The second kappa shape index (κ2) is 7.08. The monoisotopic (exact) mass is 343 g/mol. The summed E-state index contributed by atoms with van der Waals surface area (Å²) in [4.78, 5) is 2.93. The summed E-state index contributed by atoms with van der Waals surface area (Å²) >= 11 is 0. The van der Waals surface area contributed by atoms with E-state index < -0.39 is 9.84 Å². The molecule has 4 heteroatoms. The third kappa shape index (κ3) is 4.05. The minimum Gasteiger partial charge on any atom is -0.299 e. The molecule has 0 aromatic heterocycles. The van der Waals surface area contributed by atoms with Crippen molar-refractivity contribution >= 4 is 9.84 Å². The topological polar surface area (TPSA) is 37.4 Å². The van der Waals surface area contributed by atoms with Crippen LogP contribution in [-0.2, 0) is 16.4 Å². The van der Waals surface area contributed by atoms with E-state index in [2.05, 4.69) is 42.2 Å². The summed E-state index contributed by atoms with van der Waals surface area (Å²) in [6.45, 7) is 5.35. The second-order valence-corrected chi connectivity index (χ2v) is 8.95. The summed E-state index contributed by atoms with van der Waals surface area (Å²) in [5, 5.41) is 0. The van der Waals surface area contributed by atoms with E-state index in [1.807, 2.05) is 18.2 Å². The fourth-order valence-electron chi connectivity index (χ4n) is 3.69. The summed E-state index contributed by atoms with van der Waals surface area (Å²) in [6.07, 6.45) is 2.35. The van der Waals surface area contributed by atoms with Crippen LogP contribution in [0, 0.1) is 5.92 Å². The molecule has 1 fully saturated rings. The van der Waals surface area contributed by atoms with Gasteiger partial charge in [-0.05, 0) is 48.1 Å². The van der Waals surface area contributed by atoms with Crippen molar-refractivity contribution in [1.29, 1.82) is 0 Å². The molecule has 0 aliphatic carbocycles. The van der Waals surface area contributed by atoms with E-state index in [0.29, 0.717) is 16.7 Å². The second-order valence-electron chi connectivity index (χ2n) is 6.94. The lowest BCUT2D eigenvalue weighted by atomic mass is 9.81. The summed E-state index contributed by atoms with van der Waals surface area (Å²) in [7, 11) is -3.14. The molecule has 0 amide bonds. The van der Waals surface area contributed by atoms with Gasteiger partial charge in [-0.15, -0.1) is 0 Å². The van der Waals surface area contributed by atoms with Crippen LogP contribution in [-0.4, -0.2) is 32.7 Å². The molecule has 2 aromatic carbocycles. The Labute approximate surface area is 145 Å². The maximum absolute atomic E-state index is 11.8. The maximum atomic E-state index is 11.8. The van der Waals surface area contributed by atoms with Crippen molar-refractivity contribution in [1.82, 2.24) is 4.90 Å². The van der Waals surface area contributed by atoms with Crippen LogP contribution in [0.4, 0.5) is 0 Å². The molecule has 0 N–H and O–H groups in total. The Hall–Kier alpha value is -1.65. The Morgan fingerprint density at radius 3 is 2.50 bits per heavy atom. The lowest BCUT2D eigenvalue weighted by molar-refractivity contribution is 0.156. The van der Waals surface area contributed by atoms with E-state index in [0.717, 1.165) is 31.6 Å². The van der Waals surface area contributed by atoms with Gasteiger partial charge < -0.3 is 0 Å². The van der Waals surface area contributed by atoms with Crippen molar-refractivity contribution in [3.63, 3.8) is 0 Å². The molecule has 3 nitrogen and oxygen atoms in total. The van der Waals surface area contributed by atoms with Crippen molar-refractivity contribution in [2.24, 2.45) is 5.92 Å². The molecule has 1 heterocycles. The quantitative estimate of drug-likeness (QED) is 0.849. The minimum absolute atomic E-state index is 0.429. The predicted octanol–water partition coefficient (Wildman–Crippen LogP) is 3.72. The largest absolute Gasteiger partial charge is 0.299 e. The number of sulfone groups is 1. The van der Waals surface area contributed by atoms with Crippen LogP contribution in [0.1, 0.15) is 30.4 Å². The van der Waals surface area contributed by atoms with Gasteiger partial charge in [-0.2, -0.15) is 0 Å². The van der Waals surface area contributed by atoms with Crippen molar-refractivity contribution in [2.75, 3.05) is 19.3 Å². The molecule has 2 aromatic rings. The molecule has 24 heavy (non-hydrogen) atoms. The van der Waals surface area contributed by atoms with E-state index in [1.54, 1.807) is 6.07 Å². The van der Waals surface area contributed by atoms with E-state index in [9.17, 15) is 8.42 Å². The molecule has 1 aliphatic rings. The Kier molecular flexibility index (Phi) is 5.07.